The first-order valence-electron chi connectivity index (χ1n) is 11.0. The fourth-order valence-electron chi connectivity index (χ4n) is 4.07. The lowest BCUT2D eigenvalue weighted by Crippen LogP contribution is -2.31. The van der Waals surface area contributed by atoms with Crippen molar-refractivity contribution < 1.29 is 17.9 Å². The van der Waals surface area contributed by atoms with Crippen LogP contribution in [-0.2, 0) is 10.0 Å². The highest BCUT2D eigenvalue weighted by Gasteiger charge is 2.29. The Balaban J connectivity index is 1.70. The fourth-order valence-corrected chi connectivity index (χ4v) is 5.62. The van der Waals surface area contributed by atoms with Gasteiger partial charge in [-0.1, -0.05) is 60.2 Å². The van der Waals surface area contributed by atoms with Crippen LogP contribution in [0.15, 0.2) is 77.7 Å². The number of methoxy groups -OCH3 is 1. The van der Waals surface area contributed by atoms with Crippen LogP contribution in [0, 0.1) is 6.92 Å². The van der Waals surface area contributed by atoms with E-state index in [4.69, 9.17) is 4.74 Å². The third kappa shape index (κ3) is 4.94. The first-order chi connectivity index (χ1) is 15.9. The van der Waals surface area contributed by atoms with Gasteiger partial charge in [0.05, 0.1) is 23.6 Å². The van der Waals surface area contributed by atoms with Crippen molar-refractivity contribution in [1.82, 2.24) is 9.62 Å². The quantitative estimate of drug-likeness (QED) is 0.565. The van der Waals surface area contributed by atoms with E-state index >= 15 is 0 Å². The van der Waals surface area contributed by atoms with E-state index < -0.39 is 22.0 Å². The normalized spacial score (nSPS) is 15.2. The molecule has 0 spiro atoms. The first-order valence-corrected chi connectivity index (χ1v) is 12.4. The Bertz CT molecular complexity index is 1220. The minimum atomic E-state index is -3.66. The van der Waals surface area contributed by atoms with Crippen molar-refractivity contribution in [1.29, 1.82) is 0 Å². The number of nitrogens with one attached hydrogen (secondary N) is 1. The molecule has 0 saturated carbocycles. The third-order valence-corrected chi connectivity index (χ3v) is 7.83. The van der Waals surface area contributed by atoms with Crippen LogP contribution >= 0.6 is 0 Å². The summed E-state index contributed by atoms with van der Waals surface area (Å²) in [5, 5.41) is 3.08. The molecular formula is C26H28N2O4S. The smallest absolute Gasteiger partial charge is 0.255 e. The second kappa shape index (κ2) is 9.77. The number of aryl methyl sites for hydroxylation is 1. The Morgan fingerprint density at radius 2 is 1.58 bits per heavy atom. The lowest BCUT2D eigenvalue weighted by atomic mass is 9.97. The topological polar surface area (TPSA) is 75.7 Å². The molecule has 1 aliphatic rings. The predicted molar refractivity (Wildman–Crippen MR) is 128 cm³/mol. The van der Waals surface area contributed by atoms with Gasteiger partial charge in [-0.15, -0.1) is 0 Å². The number of carbonyl (C=O) groups is 1. The highest BCUT2D eigenvalue weighted by atomic mass is 32.2. The molecule has 1 aliphatic heterocycles. The summed E-state index contributed by atoms with van der Waals surface area (Å²) in [4.78, 5) is 13.5. The van der Waals surface area contributed by atoms with Crippen molar-refractivity contribution in [3.8, 4) is 5.75 Å². The summed E-state index contributed by atoms with van der Waals surface area (Å²) < 4.78 is 33.0. The van der Waals surface area contributed by atoms with Gasteiger partial charge in [-0.2, -0.15) is 4.31 Å². The summed E-state index contributed by atoms with van der Waals surface area (Å²) in [6, 6.07) is 21.7. The molecule has 1 N–H and O–H groups in total. The van der Waals surface area contributed by atoms with E-state index in [2.05, 4.69) is 5.32 Å². The van der Waals surface area contributed by atoms with E-state index in [1.54, 1.807) is 6.07 Å². The number of hydrogen-bond acceptors (Lipinski definition) is 4. The van der Waals surface area contributed by atoms with Crippen molar-refractivity contribution in [2.75, 3.05) is 20.2 Å². The molecule has 33 heavy (non-hydrogen) atoms. The monoisotopic (exact) mass is 464 g/mol. The number of amides is 1. The molecule has 3 aromatic rings. The van der Waals surface area contributed by atoms with Gasteiger partial charge >= 0.3 is 0 Å². The molecule has 0 unspecified atom stereocenters. The summed E-state index contributed by atoms with van der Waals surface area (Å²) in [6.07, 6.45) is 1.69. The molecule has 1 fully saturated rings. The number of nitrogens with zero attached hydrogens (tertiary/aromatic N) is 1. The van der Waals surface area contributed by atoms with E-state index in [1.807, 2.05) is 61.5 Å². The minimum absolute atomic E-state index is 0.0990. The first kappa shape index (κ1) is 23.0. The van der Waals surface area contributed by atoms with Crippen molar-refractivity contribution in [3.05, 3.63) is 95.1 Å². The van der Waals surface area contributed by atoms with Gasteiger partial charge in [0, 0.05) is 13.1 Å². The Morgan fingerprint density at radius 1 is 0.939 bits per heavy atom. The number of benzene rings is 3. The highest BCUT2D eigenvalue weighted by Crippen LogP contribution is 2.28. The van der Waals surface area contributed by atoms with Crippen molar-refractivity contribution in [2.24, 2.45) is 0 Å². The van der Waals surface area contributed by atoms with Gasteiger partial charge < -0.3 is 10.1 Å². The molecule has 1 heterocycles. The Labute approximate surface area is 195 Å². The minimum Gasteiger partial charge on any atom is -0.496 e. The van der Waals surface area contributed by atoms with E-state index in [0.717, 1.165) is 29.5 Å². The number of sulfonamides is 1. The average Bonchev–Trinajstić information content (AvgIpc) is 3.39. The molecule has 0 aliphatic carbocycles. The molecule has 6 nitrogen and oxygen atoms in total. The molecular weight excluding hydrogens is 436 g/mol. The van der Waals surface area contributed by atoms with Gasteiger partial charge in [-0.05, 0) is 49.1 Å². The van der Waals surface area contributed by atoms with Crippen LogP contribution in [0.2, 0.25) is 0 Å². The lowest BCUT2D eigenvalue weighted by molar-refractivity contribution is 0.0939. The molecule has 1 atom stereocenters. The van der Waals surface area contributed by atoms with Crippen LogP contribution in [0.1, 0.15) is 45.9 Å². The number of hydrogen-bond donors (Lipinski definition) is 1. The molecule has 4 rings (SSSR count). The Kier molecular flexibility index (Phi) is 6.81. The zero-order chi connectivity index (χ0) is 23.4. The fraction of sp³-hybridized carbons (Fsp3) is 0.269. The zero-order valence-corrected chi connectivity index (χ0v) is 19.6. The molecule has 0 aromatic heterocycles. The summed E-state index contributed by atoms with van der Waals surface area (Å²) in [5.41, 5.74) is 3.17. The van der Waals surface area contributed by atoms with Gasteiger partial charge in [0.25, 0.3) is 5.91 Å². The second-order valence-electron chi connectivity index (χ2n) is 8.20. The third-order valence-electron chi connectivity index (χ3n) is 5.94. The maximum absolute atomic E-state index is 13.4. The maximum Gasteiger partial charge on any atom is 0.255 e. The predicted octanol–water partition coefficient (Wildman–Crippen LogP) is 4.31. The van der Waals surface area contributed by atoms with Crippen LogP contribution in [-0.4, -0.2) is 38.8 Å². The van der Waals surface area contributed by atoms with Gasteiger partial charge in [0.2, 0.25) is 10.0 Å². The van der Waals surface area contributed by atoms with E-state index in [0.29, 0.717) is 18.8 Å². The summed E-state index contributed by atoms with van der Waals surface area (Å²) >= 11 is 0. The SMILES string of the molecule is COc1ccc(S(=O)(=O)N2CCCC2)cc1C(=O)N[C@H](c1ccccc1)c1ccc(C)cc1. The summed E-state index contributed by atoms with van der Waals surface area (Å²) in [7, 11) is -2.19. The van der Waals surface area contributed by atoms with Crippen LogP contribution in [0.4, 0.5) is 0 Å². The largest absolute Gasteiger partial charge is 0.496 e. The molecule has 0 radical (unpaired) electrons. The Hall–Kier alpha value is -3.16. The molecule has 0 bridgehead atoms. The van der Waals surface area contributed by atoms with Crippen molar-refractivity contribution in [2.45, 2.75) is 30.7 Å². The van der Waals surface area contributed by atoms with Crippen LogP contribution in [0.5, 0.6) is 5.75 Å². The number of carbonyl (C=O) groups excluding carboxylic acids is 1. The van der Waals surface area contributed by atoms with Crippen LogP contribution in [0.25, 0.3) is 0 Å². The Morgan fingerprint density at radius 3 is 2.21 bits per heavy atom. The zero-order valence-electron chi connectivity index (χ0n) is 18.8. The van der Waals surface area contributed by atoms with Gasteiger partial charge in [-0.3, -0.25) is 4.79 Å². The van der Waals surface area contributed by atoms with E-state index in [1.165, 1.54) is 23.5 Å². The van der Waals surface area contributed by atoms with Crippen LogP contribution in [0.3, 0.4) is 0 Å². The van der Waals surface area contributed by atoms with E-state index in [-0.39, 0.29) is 10.5 Å². The van der Waals surface area contributed by atoms with Gasteiger partial charge in [-0.25, -0.2) is 8.42 Å². The molecule has 1 amide bonds. The average molecular weight is 465 g/mol. The van der Waals surface area contributed by atoms with Gasteiger partial charge in [0.1, 0.15) is 5.75 Å². The highest BCUT2D eigenvalue weighted by molar-refractivity contribution is 7.89. The van der Waals surface area contributed by atoms with Crippen molar-refractivity contribution >= 4 is 15.9 Å². The van der Waals surface area contributed by atoms with E-state index in [9.17, 15) is 13.2 Å². The molecule has 172 valence electrons. The second-order valence-corrected chi connectivity index (χ2v) is 10.1. The molecule has 3 aromatic carbocycles. The molecule has 7 heteroatoms. The van der Waals surface area contributed by atoms with Gasteiger partial charge in [0.15, 0.2) is 0 Å². The standard InChI is InChI=1S/C26H28N2O4S/c1-19-10-12-21(13-11-19)25(20-8-4-3-5-9-20)27-26(29)23-18-22(14-15-24(23)32-2)33(30,31)28-16-6-7-17-28/h3-5,8-15,18,25H,6-7,16-17H2,1-2H3,(H,27,29)/t25-/m1/s1. The summed E-state index contributed by atoms with van der Waals surface area (Å²) in [5.74, 6) is -0.0802. The lowest BCUT2D eigenvalue weighted by Gasteiger charge is -2.21. The number of ether oxygens (including phenoxy) is 1. The summed E-state index contributed by atoms with van der Waals surface area (Å²) in [6.45, 7) is 3.01. The van der Waals surface area contributed by atoms with Crippen molar-refractivity contribution in [3.63, 3.8) is 0 Å². The number of rotatable bonds is 7. The maximum atomic E-state index is 13.4. The van der Waals surface area contributed by atoms with Crippen LogP contribution < -0.4 is 10.1 Å². The molecule has 1 saturated heterocycles.